The Balaban J connectivity index is 1.49. The van der Waals surface area contributed by atoms with Crippen LogP contribution in [0.4, 0.5) is 4.79 Å². The molecule has 0 radical (unpaired) electrons. The summed E-state index contributed by atoms with van der Waals surface area (Å²) in [4.78, 5) is 54.0. The molecule has 6 rings (SSSR count). The number of halogens is 2. The Labute approximate surface area is 242 Å². The van der Waals surface area contributed by atoms with Gasteiger partial charge in [-0.15, -0.1) is 0 Å². The fraction of sp³-hybridized carbons (Fsp3) is 0.138. The minimum atomic E-state index is -0.848. The van der Waals surface area contributed by atoms with Crippen molar-refractivity contribution in [2.75, 3.05) is 0 Å². The highest BCUT2D eigenvalue weighted by atomic mass is 35.5. The van der Waals surface area contributed by atoms with Gasteiger partial charge in [-0.3, -0.25) is 24.5 Å². The first kappa shape index (κ1) is 26.3. The zero-order valence-electron chi connectivity index (χ0n) is 20.7. The lowest BCUT2D eigenvalue weighted by atomic mass is 9.91. The van der Waals surface area contributed by atoms with E-state index in [2.05, 4.69) is 10.3 Å². The molecule has 1 saturated heterocycles. The number of thioether (sulfide) groups is 1. The number of rotatable bonds is 5. The van der Waals surface area contributed by atoms with Gasteiger partial charge in [0.05, 0.1) is 17.3 Å². The Kier molecular flexibility index (Phi) is 6.95. The summed E-state index contributed by atoms with van der Waals surface area (Å²) >= 11 is 13.1. The maximum Gasteiger partial charge on any atom is 0.286 e. The van der Waals surface area contributed by atoms with Crippen molar-refractivity contribution in [1.82, 2.24) is 15.3 Å². The summed E-state index contributed by atoms with van der Waals surface area (Å²) in [5.74, 6) is -0.951. The van der Waals surface area contributed by atoms with Crippen molar-refractivity contribution in [1.29, 1.82) is 0 Å². The average molecular weight is 591 g/mol. The number of hydrazone groups is 1. The van der Waals surface area contributed by atoms with Gasteiger partial charge < -0.3 is 4.98 Å². The van der Waals surface area contributed by atoms with E-state index in [1.54, 1.807) is 36.4 Å². The molecule has 0 spiro atoms. The molecule has 3 heterocycles. The molecule has 4 aromatic rings. The molecular formula is C29H20Cl2N4O4S. The van der Waals surface area contributed by atoms with Gasteiger partial charge in [0.25, 0.3) is 10.8 Å². The molecule has 3 amide bonds. The molecule has 1 fully saturated rings. The first-order valence-electron chi connectivity index (χ1n) is 12.4. The number of hydrogen-bond donors (Lipinski definition) is 2. The standard InChI is InChI=1S/C29H20Cl2N4O4S/c30-17-9-5-15(6-10-17)22-13-21(34-35(22)24(36)14-23-27(37)33-29(39)40-23)26-25(16-7-11-18(31)12-8-16)19-3-1-2-4-20(19)32-28(26)38/h1-12,22-23H,13-14H2,(H,32,38)(H,33,37,39)/t22-,23?/m0/s1. The number of carbonyl (C=O) groups excluding carboxylic acids is 3. The van der Waals surface area contributed by atoms with E-state index in [-0.39, 0.29) is 18.4 Å². The molecule has 0 aliphatic carbocycles. The SMILES string of the molecule is O=C1NC(=O)C(CC(=O)N2N=C(c3c(-c4ccc(Cl)cc4)c4ccccc4[nH]c3=O)C[C@H]2c2ccc(Cl)cc2)S1. The van der Waals surface area contributed by atoms with E-state index in [1.165, 1.54) is 5.01 Å². The quantitative estimate of drug-likeness (QED) is 0.299. The number of aromatic amines is 1. The summed E-state index contributed by atoms with van der Waals surface area (Å²) < 4.78 is 0. The van der Waals surface area contributed by atoms with Gasteiger partial charge in [-0.05, 0) is 41.5 Å². The molecule has 2 atom stereocenters. The fourth-order valence-electron chi connectivity index (χ4n) is 5.05. The Hall–Kier alpha value is -3.92. The van der Waals surface area contributed by atoms with Crippen LogP contribution >= 0.6 is 35.0 Å². The fourth-order valence-corrected chi connectivity index (χ4v) is 6.11. The first-order chi connectivity index (χ1) is 19.3. The minimum Gasteiger partial charge on any atom is -0.321 e. The number of aromatic nitrogens is 1. The van der Waals surface area contributed by atoms with Crippen molar-refractivity contribution in [3.8, 4) is 11.1 Å². The Morgan fingerprint density at radius 1 is 0.925 bits per heavy atom. The lowest BCUT2D eigenvalue weighted by Gasteiger charge is -2.22. The third kappa shape index (κ3) is 4.92. The lowest BCUT2D eigenvalue weighted by Crippen LogP contribution is -2.32. The molecular weight excluding hydrogens is 571 g/mol. The second-order valence-electron chi connectivity index (χ2n) is 9.40. The molecule has 40 heavy (non-hydrogen) atoms. The maximum atomic E-state index is 13.6. The van der Waals surface area contributed by atoms with E-state index in [0.29, 0.717) is 32.4 Å². The summed E-state index contributed by atoms with van der Waals surface area (Å²) in [6, 6.07) is 21.2. The Morgan fingerprint density at radius 3 is 2.27 bits per heavy atom. The van der Waals surface area contributed by atoms with E-state index in [1.807, 2.05) is 36.4 Å². The second-order valence-corrected chi connectivity index (χ2v) is 11.4. The number of carbonyl (C=O) groups is 3. The van der Waals surface area contributed by atoms with Gasteiger partial charge in [0, 0.05) is 39.4 Å². The molecule has 2 aliphatic rings. The number of nitrogens with one attached hydrogen (secondary N) is 2. The van der Waals surface area contributed by atoms with Crippen LogP contribution in [0.1, 0.15) is 30.0 Å². The number of nitrogens with zero attached hydrogens (tertiary/aromatic N) is 2. The van der Waals surface area contributed by atoms with E-state index >= 15 is 0 Å². The Bertz CT molecular complexity index is 1770. The van der Waals surface area contributed by atoms with E-state index < -0.39 is 28.3 Å². The van der Waals surface area contributed by atoms with Crippen LogP contribution in [0.3, 0.4) is 0 Å². The lowest BCUT2D eigenvalue weighted by molar-refractivity contribution is -0.134. The smallest absolute Gasteiger partial charge is 0.286 e. The van der Waals surface area contributed by atoms with Crippen molar-refractivity contribution in [2.24, 2.45) is 5.10 Å². The molecule has 0 bridgehead atoms. The predicted molar refractivity (Wildman–Crippen MR) is 157 cm³/mol. The molecule has 2 aliphatic heterocycles. The summed E-state index contributed by atoms with van der Waals surface area (Å²) in [7, 11) is 0. The van der Waals surface area contributed by atoms with Crippen molar-refractivity contribution >= 4 is 68.6 Å². The number of amides is 3. The molecule has 200 valence electrons. The first-order valence-corrected chi connectivity index (χ1v) is 14.0. The molecule has 11 heteroatoms. The van der Waals surface area contributed by atoms with Crippen LogP contribution in [0.25, 0.3) is 22.0 Å². The number of H-pyrrole nitrogens is 1. The van der Waals surface area contributed by atoms with E-state index in [0.717, 1.165) is 28.3 Å². The zero-order valence-corrected chi connectivity index (χ0v) is 23.0. The minimum absolute atomic E-state index is 0.221. The molecule has 1 unspecified atom stereocenters. The van der Waals surface area contributed by atoms with Crippen LogP contribution < -0.4 is 10.9 Å². The summed E-state index contributed by atoms with van der Waals surface area (Å²) in [5, 5.41) is 8.79. The van der Waals surface area contributed by atoms with Crippen molar-refractivity contribution in [2.45, 2.75) is 24.1 Å². The van der Waals surface area contributed by atoms with Gasteiger partial charge >= 0.3 is 0 Å². The maximum absolute atomic E-state index is 13.6. The number of para-hydroxylation sites is 1. The molecule has 3 aromatic carbocycles. The average Bonchev–Trinajstić information content (AvgIpc) is 3.51. The normalized spacial score (nSPS) is 18.8. The van der Waals surface area contributed by atoms with Gasteiger partial charge in [0.15, 0.2) is 0 Å². The molecule has 0 saturated carbocycles. The third-order valence-corrected chi connectivity index (χ3v) is 8.38. The number of pyridine rings is 1. The van der Waals surface area contributed by atoms with Crippen LogP contribution in [0.5, 0.6) is 0 Å². The zero-order chi connectivity index (χ0) is 28.0. The van der Waals surface area contributed by atoms with Gasteiger partial charge in [-0.1, -0.05) is 77.4 Å². The number of hydrogen-bond acceptors (Lipinski definition) is 6. The van der Waals surface area contributed by atoms with Crippen LogP contribution in [0, 0.1) is 0 Å². The summed E-state index contributed by atoms with van der Waals surface area (Å²) in [6.07, 6.45) is 0.0273. The van der Waals surface area contributed by atoms with Crippen molar-refractivity contribution < 1.29 is 14.4 Å². The van der Waals surface area contributed by atoms with Gasteiger partial charge in [-0.2, -0.15) is 5.10 Å². The van der Waals surface area contributed by atoms with Crippen LogP contribution in [0.15, 0.2) is 82.7 Å². The molecule has 2 N–H and O–H groups in total. The summed E-state index contributed by atoms with van der Waals surface area (Å²) in [5.41, 5.74) is 3.30. The predicted octanol–water partition coefficient (Wildman–Crippen LogP) is 5.92. The van der Waals surface area contributed by atoms with Gasteiger partial charge in [0.2, 0.25) is 11.8 Å². The van der Waals surface area contributed by atoms with Crippen molar-refractivity contribution in [3.05, 3.63) is 104 Å². The number of imide groups is 1. The largest absolute Gasteiger partial charge is 0.321 e. The highest BCUT2D eigenvalue weighted by Crippen LogP contribution is 2.38. The van der Waals surface area contributed by atoms with Crippen LogP contribution in [-0.2, 0) is 9.59 Å². The monoisotopic (exact) mass is 590 g/mol. The summed E-state index contributed by atoms with van der Waals surface area (Å²) in [6.45, 7) is 0. The van der Waals surface area contributed by atoms with E-state index in [4.69, 9.17) is 28.3 Å². The van der Waals surface area contributed by atoms with Gasteiger partial charge in [-0.25, -0.2) is 5.01 Å². The molecule has 1 aromatic heterocycles. The highest BCUT2D eigenvalue weighted by Gasteiger charge is 2.39. The van der Waals surface area contributed by atoms with Crippen LogP contribution in [-0.4, -0.2) is 38.0 Å². The topological polar surface area (TPSA) is 112 Å². The van der Waals surface area contributed by atoms with Crippen molar-refractivity contribution in [3.63, 3.8) is 0 Å². The second kappa shape index (κ2) is 10.6. The molecule has 8 nitrogen and oxygen atoms in total. The number of benzene rings is 3. The Morgan fingerprint density at radius 2 is 1.60 bits per heavy atom. The van der Waals surface area contributed by atoms with Gasteiger partial charge in [0.1, 0.15) is 5.25 Å². The van der Waals surface area contributed by atoms with E-state index in [9.17, 15) is 19.2 Å². The number of fused-ring (bicyclic) bond motifs is 1. The third-order valence-electron chi connectivity index (χ3n) is 6.89. The highest BCUT2D eigenvalue weighted by molar-refractivity contribution is 8.15. The van der Waals surface area contributed by atoms with Crippen LogP contribution in [0.2, 0.25) is 10.0 Å².